The lowest BCUT2D eigenvalue weighted by Crippen LogP contribution is -2.51. The molecule has 9 N–H and O–H groups in total. The van der Waals surface area contributed by atoms with Crippen LogP contribution in [0.3, 0.4) is 0 Å². The quantitative estimate of drug-likeness (QED) is 0.0999. The van der Waals surface area contributed by atoms with Crippen molar-refractivity contribution in [2.45, 2.75) is 12.8 Å². The molecule has 3 aromatic heterocycles. The number of aromatic carboxylic acids is 2. The van der Waals surface area contributed by atoms with Crippen LogP contribution in [0.4, 0.5) is 29.0 Å². The third-order valence-electron chi connectivity index (χ3n) is 5.02. The maximum atomic E-state index is 12.5. The third-order valence-corrected chi connectivity index (χ3v) is 6.67. The predicted molar refractivity (Wildman–Crippen MR) is 125 cm³/mol. The first-order valence-corrected chi connectivity index (χ1v) is 13.0. The van der Waals surface area contributed by atoms with Gasteiger partial charge in [-0.25, -0.2) is 14.6 Å². The molecule has 0 aliphatic carbocycles. The fourth-order valence-electron chi connectivity index (χ4n) is 3.52. The number of hydrogen-bond donors (Lipinski definition) is 9. The van der Waals surface area contributed by atoms with E-state index in [9.17, 15) is 45.7 Å². The molecule has 3 aromatic rings. The van der Waals surface area contributed by atoms with Gasteiger partial charge in [-0.3, -0.25) is 24.4 Å². The standard InChI is InChI=1S/C15H19N11O10S2/c27-14(28)8-11(17-7-3-4-16-18-7)20-21-12(8)25(37(31,32)33)26(38(34,35)36)13-9(10(15(29)30)19-22-13)23-24-5-1-2-6-24/h3-4,23H,1-2,5-6H2,(H,19,22)(H,27,28)(H,29,30)(H,31,32,33)(H,34,35,36)(H3,16,17,18,20,21). The number of carbonyl (C=O) groups is 2. The summed E-state index contributed by atoms with van der Waals surface area (Å²) in [6.07, 6.45) is 2.66. The van der Waals surface area contributed by atoms with Crippen molar-refractivity contribution in [3.05, 3.63) is 23.5 Å². The molecule has 21 nitrogen and oxygen atoms in total. The van der Waals surface area contributed by atoms with Gasteiger partial charge >= 0.3 is 32.5 Å². The van der Waals surface area contributed by atoms with Crippen LogP contribution in [0.5, 0.6) is 0 Å². The van der Waals surface area contributed by atoms with Crippen molar-refractivity contribution in [3.8, 4) is 0 Å². The van der Waals surface area contributed by atoms with E-state index in [4.69, 9.17) is 0 Å². The average molecular weight is 578 g/mol. The molecule has 1 saturated heterocycles. The third kappa shape index (κ3) is 5.16. The van der Waals surface area contributed by atoms with E-state index in [1.54, 1.807) is 0 Å². The highest BCUT2D eigenvalue weighted by Crippen LogP contribution is 2.36. The Bertz CT molecular complexity index is 1560. The average Bonchev–Trinajstić information content (AvgIpc) is 3.59. The fraction of sp³-hybridized carbons (Fsp3) is 0.267. The molecule has 206 valence electrons. The van der Waals surface area contributed by atoms with Crippen LogP contribution >= 0.6 is 0 Å². The molecule has 0 atom stereocenters. The van der Waals surface area contributed by atoms with Crippen LogP contribution in [0.1, 0.15) is 33.7 Å². The van der Waals surface area contributed by atoms with Crippen LogP contribution in [0.15, 0.2) is 12.3 Å². The SMILES string of the molecule is O=C(O)c1[nH]nc(N(N(c2n[nH]c(Nc3ccn[nH]3)c2C(=O)O)S(=O)(=O)O)S(=O)(=O)O)c1NN1CCCC1. The molecule has 1 fully saturated rings. The fourth-order valence-corrected chi connectivity index (χ4v) is 5.26. The minimum Gasteiger partial charge on any atom is -0.477 e. The van der Waals surface area contributed by atoms with Gasteiger partial charge in [-0.1, -0.05) is 0 Å². The van der Waals surface area contributed by atoms with E-state index in [-0.39, 0.29) is 5.82 Å². The molecular weight excluding hydrogens is 558 g/mol. The number of anilines is 5. The topological polar surface area (TPSA) is 303 Å². The maximum absolute atomic E-state index is 12.5. The summed E-state index contributed by atoms with van der Waals surface area (Å²) in [6, 6.07) is 1.35. The first-order valence-electron chi connectivity index (χ1n) is 10.3. The molecule has 0 amide bonds. The van der Waals surface area contributed by atoms with Gasteiger partial charge in [-0.05, 0) is 12.8 Å². The molecule has 0 aromatic carbocycles. The summed E-state index contributed by atoms with van der Waals surface area (Å²) in [6.45, 7) is 0.755. The number of nitrogens with zero attached hydrogens (tertiary/aromatic N) is 6. The molecule has 0 radical (unpaired) electrons. The van der Waals surface area contributed by atoms with Gasteiger partial charge in [-0.2, -0.15) is 32.1 Å². The van der Waals surface area contributed by atoms with Gasteiger partial charge in [0.2, 0.25) is 11.6 Å². The molecule has 38 heavy (non-hydrogen) atoms. The van der Waals surface area contributed by atoms with Gasteiger partial charge in [0, 0.05) is 19.2 Å². The van der Waals surface area contributed by atoms with E-state index >= 15 is 0 Å². The van der Waals surface area contributed by atoms with Crippen LogP contribution in [0.25, 0.3) is 0 Å². The number of nitrogens with one attached hydrogen (secondary N) is 5. The monoisotopic (exact) mass is 577 g/mol. The summed E-state index contributed by atoms with van der Waals surface area (Å²) < 4.78 is 68.9. The number of carboxylic acid groups (broad SMARTS) is 2. The van der Waals surface area contributed by atoms with E-state index in [1.165, 1.54) is 17.3 Å². The number of carboxylic acids is 2. The summed E-state index contributed by atoms with van der Waals surface area (Å²) in [7, 11) is -11.6. The first kappa shape index (κ1) is 26.6. The van der Waals surface area contributed by atoms with Gasteiger partial charge in [-0.15, -0.1) is 8.83 Å². The zero-order chi connectivity index (χ0) is 27.8. The van der Waals surface area contributed by atoms with Gasteiger partial charge in [0.15, 0.2) is 5.69 Å². The number of hydrogen-bond acceptors (Lipinski definition) is 12. The lowest BCUT2D eigenvalue weighted by Gasteiger charge is -2.30. The molecule has 0 spiro atoms. The summed E-state index contributed by atoms with van der Waals surface area (Å²) in [5, 5.41) is 40.5. The molecule has 23 heteroatoms. The Morgan fingerprint density at radius 1 is 0.921 bits per heavy atom. The van der Waals surface area contributed by atoms with Gasteiger partial charge < -0.3 is 21.0 Å². The van der Waals surface area contributed by atoms with E-state index in [0.29, 0.717) is 25.9 Å². The van der Waals surface area contributed by atoms with Gasteiger partial charge in [0.25, 0.3) is 0 Å². The number of aromatic nitrogens is 6. The minimum atomic E-state index is -5.82. The van der Waals surface area contributed by atoms with Gasteiger partial charge in [0.1, 0.15) is 22.9 Å². The Hall–Kier alpha value is -4.45. The molecule has 4 rings (SSSR count). The molecule has 0 bridgehead atoms. The maximum Gasteiger partial charge on any atom is 0.380 e. The summed E-state index contributed by atoms with van der Waals surface area (Å²) in [5.41, 5.74) is 0.190. The Kier molecular flexibility index (Phi) is 6.85. The molecular formula is C15H19N11O10S2. The van der Waals surface area contributed by atoms with Crippen molar-refractivity contribution < 1.29 is 45.7 Å². The van der Waals surface area contributed by atoms with Crippen molar-refractivity contribution in [1.82, 2.24) is 35.6 Å². The van der Waals surface area contributed by atoms with Crippen molar-refractivity contribution in [1.29, 1.82) is 0 Å². The molecule has 4 heterocycles. The highest BCUT2D eigenvalue weighted by molar-refractivity contribution is 7.91. The van der Waals surface area contributed by atoms with Crippen molar-refractivity contribution in [3.63, 3.8) is 0 Å². The Balaban J connectivity index is 1.93. The van der Waals surface area contributed by atoms with Crippen LogP contribution in [0.2, 0.25) is 0 Å². The second-order valence-electron chi connectivity index (χ2n) is 7.55. The summed E-state index contributed by atoms with van der Waals surface area (Å²) in [5.74, 6) is -6.25. The molecule has 0 unspecified atom stereocenters. The van der Waals surface area contributed by atoms with Crippen molar-refractivity contribution in [2.24, 2.45) is 0 Å². The number of rotatable bonds is 11. The highest BCUT2D eigenvalue weighted by atomic mass is 32.2. The van der Waals surface area contributed by atoms with Gasteiger partial charge in [0.05, 0.1) is 6.20 Å². The molecule has 1 aliphatic rings. The van der Waals surface area contributed by atoms with E-state index in [1.807, 2.05) is 5.10 Å². The number of hydrazine groups is 2. The van der Waals surface area contributed by atoms with Crippen LogP contribution in [0, 0.1) is 0 Å². The van der Waals surface area contributed by atoms with Crippen LogP contribution in [-0.4, -0.2) is 96.8 Å². The van der Waals surface area contributed by atoms with E-state index in [2.05, 4.69) is 36.2 Å². The van der Waals surface area contributed by atoms with Crippen molar-refractivity contribution in [2.75, 3.05) is 32.7 Å². The summed E-state index contributed by atoms with van der Waals surface area (Å²) >= 11 is 0. The lowest BCUT2D eigenvalue weighted by atomic mass is 10.3. The smallest absolute Gasteiger partial charge is 0.380 e. The van der Waals surface area contributed by atoms with Crippen LogP contribution in [-0.2, 0) is 20.6 Å². The van der Waals surface area contributed by atoms with Crippen molar-refractivity contribution >= 4 is 61.5 Å². The Labute approximate surface area is 212 Å². The zero-order valence-corrected chi connectivity index (χ0v) is 20.4. The predicted octanol–water partition coefficient (Wildman–Crippen LogP) is -0.748. The first-order chi connectivity index (χ1) is 17.8. The number of H-pyrrole nitrogens is 3. The molecule has 1 aliphatic heterocycles. The summed E-state index contributed by atoms with van der Waals surface area (Å²) in [4.78, 5) is 23.8. The lowest BCUT2D eigenvalue weighted by molar-refractivity contribution is 0.0683. The van der Waals surface area contributed by atoms with Crippen LogP contribution < -0.4 is 19.6 Å². The van der Waals surface area contributed by atoms with E-state index in [0.717, 1.165) is 0 Å². The Morgan fingerprint density at radius 2 is 1.53 bits per heavy atom. The molecule has 0 saturated carbocycles. The Morgan fingerprint density at radius 3 is 2.05 bits per heavy atom. The number of aromatic amines is 3. The second-order valence-corrected chi connectivity index (χ2v) is 10.0. The normalized spacial score (nSPS) is 14.4. The largest absolute Gasteiger partial charge is 0.477 e. The zero-order valence-electron chi connectivity index (χ0n) is 18.7. The second kappa shape index (κ2) is 9.78. The highest BCUT2D eigenvalue weighted by Gasteiger charge is 2.44. The van der Waals surface area contributed by atoms with E-state index < -0.39 is 75.8 Å². The minimum absolute atomic E-state index is 0.100.